The van der Waals surface area contributed by atoms with Gasteiger partial charge in [0.2, 0.25) is 11.7 Å². The monoisotopic (exact) mass is 254 g/mol. The molecule has 0 spiro atoms. The molecule has 0 aliphatic rings. The molecule has 18 heavy (non-hydrogen) atoms. The van der Waals surface area contributed by atoms with E-state index in [0.717, 1.165) is 6.42 Å². The molecule has 0 saturated carbocycles. The van der Waals surface area contributed by atoms with E-state index in [2.05, 4.69) is 10.6 Å². The molecule has 0 fully saturated rings. The summed E-state index contributed by atoms with van der Waals surface area (Å²) in [6, 6.07) is 3.19. The van der Waals surface area contributed by atoms with Crippen LogP contribution >= 0.6 is 0 Å². The van der Waals surface area contributed by atoms with Crippen molar-refractivity contribution in [2.24, 2.45) is 0 Å². The quantitative estimate of drug-likeness (QED) is 0.674. The lowest BCUT2D eigenvalue weighted by atomic mass is 10.2. The molecule has 0 aliphatic carbocycles. The predicted molar refractivity (Wildman–Crippen MR) is 65.3 cm³/mol. The minimum atomic E-state index is -1.12. The number of carboxylic acids is 1. The van der Waals surface area contributed by atoms with E-state index in [1.54, 1.807) is 0 Å². The molecule has 0 saturated heterocycles. The number of furan rings is 1. The van der Waals surface area contributed by atoms with E-state index >= 15 is 0 Å². The minimum absolute atomic E-state index is 0.128. The van der Waals surface area contributed by atoms with E-state index in [4.69, 9.17) is 9.52 Å². The number of nitrogens with one attached hydrogen (secondary N) is 2. The number of aromatic carboxylic acids is 1. The Morgan fingerprint density at radius 3 is 2.72 bits per heavy atom. The molecule has 1 amide bonds. The molecule has 0 bridgehead atoms. The smallest absolute Gasteiger partial charge is 0.371 e. The molecule has 1 atom stereocenters. The van der Waals surface area contributed by atoms with Crippen molar-refractivity contribution >= 4 is 11.9 Å². The summed E-state index contributed by atoms with van der Waals surface area (Å²) in [4.78, 5) is 22.0. The highest BCUT2D eigenvalue weighted by molar-refractivity contribution is 5.84. The molecule has 1 aromatic rings. The molecule has 3 N–H and O–H groups in total. The third-order valence-electron chi connectivity index (χ3n) is 2.56. The standard InChI is InChI=1S/C12H18N2O4/c1-3-8(2)13-7-11(15)14-6-9-4-5-10(18-9)12(16)17/h4-5,8,13H,3,6-7H2,1-2H3,(H,14,15)(H,16,17). The van der Waals surface area contributed by atoms with Crippen molar-refractivity contribution in [2.75, 3.05) is 6.54 Å². The Morgan fingerprint density at radius 2 is 2.17 bits per heavy atom. The average molecular weight is 254 g/mol. The number of carboxylic acid groups (broad SMARTS) is 1. The van der Waals surface area contributed by atoms with Crippen molar-refractivity contribution in [3.05, 3.63) is 23.7 Å². The fourth-order valence-electron chi connectivity index (χ4n) is 1.25. The van der Waals surface area contributed by atoms with Gasteiger partial charge in [0.05, 0.1) is 13.1 Å². The number of amides is 1. The fraction of sp³-hybridized carbons (Fsp3) is 0.500. The third-order valence-corrected chi connectivity index (χ3v) is 2.56. The first-order valence-corrected chi connectivity index (χ1v) is 5.85. The van der Waals surface area contributed by atoms with Crippen LogP contribution in [0.5, 0.6) is 0 Å². The summed E-state index contributed by atoms with van der Waals surface area (Å²) >= 11 is 0. The first-order chi connectivity index (χ1) is 8.52. The lowest BCUT2D eigenvalue weighted by Gasteiger charge is -2.10. The maximum Gasteiger partial charge on any atom is 0.371 e. The summed E-state index contributed by atoms with van der Waals surface area (Å²) in [5, 5.41) is 14.4. The first kappa shape index (κ1) is 14.2. The summed E-state index contributed by atoms with van der Waals surface area (Å²) in [6.45, 7) is 4.46. The van der Waals surface area contributed by atoms with E-state index in [1.807, 2.05) is 13.8 Å². The van der Waals surface area contributed by atoms with Crippen LogP contribution in [0.1, 0.15) is 36.6 Å². The average Bonchev–Trinajstić information content (AvgIpc) is 2.82. The number of carbonyl (C=O) groups excluding carboxylic acids is 1. The van der Waals surface area contributed by atoms with E-state index in [-0.39, 0.29) is 30.8 Å². The summed E-state index contributed by atoms with van der Waals surface area (Å²) in [6.07, 6.45) is 0.952. The molecule has 1 heterocycles. The van der Waals surface area contributed by atoms with Gasteiger partial charge >= 0.3 is 5.97 Å². The van der Waals surface area contributed by atoms with Gasteiger partial charge in [0, 0.05) is 6.04 Å². The zero-order chi connectivity index (χ0) is 13.5. The molecule has 0 aliphatic heterocycles. The largest absolute Gasteiger partial charge is 0.475 e. The van der Waals surface area contributed by atoms with Crippen LogP contribution in [-0.4, -0.2) is 29.6 Å². The Kier molecular flexibility index (Phi) is 5.38. The van der Waals surface area contributed by atoms with E-state index < -0.39 is 5.97 Å². The van der Waals surface area contributed by atoms with Gasteiger partial charge in [-0.05, 0) is 25.5 Å². The van der Waals surface area contributed by atoms with Gasteiger partial charge in [-0.15, -0.1) is 0 Å². The van der Waals surface area contributed by atoms with Gasteiger partial charge in [0.15, 0.2) is 0 Å². The van der Waals surface area contributed by atoms with Gasteiger partial charge in [-0.3, -0.25) is 4.79 Å². The van der Waals surface area contributed by atoms with E-state index in [1.165, 1.54) is 12.1 Å². The SMILES string of the molecule is CCC(C)NCC(=O)NCc1ccc(C(=O)O)o1. The number of rotatable bonds is 7. The highest BCUT2D eigenvalue weighted by atomic mass is 16.4. The molecule has 6 nitrogen and oxygen atoms in total. The maximum absolute atomic E-state index is 11.4. The van der Waals surface area contributed by atoms with Crippen molar-refractivity contribution in [2.45, 2.75) is 32.9 Å². The second-order valence-electron chi connectivity index (χ2n) is 4.04. The predicted octanol–water partition coefficient (Wildman–Crippen LogP) is 0.982. The van der Waals surface area contributed by atoms with Crippen LogP contribution in [-0.2, 0) is 11.3 Å². The molecular weight excluding hydrogens is 236 g/mol. The lowest BCUT2D eigenvalue weighted by Crippen LogP contribution is -2.37. The second-order valence-corrected chi connectivity index (χ2v) is 4.04. The second kappa shape index (κ2) is 6.80. The van der Waals surface area contributed by atoms with Crippen LogP contribution in [0, 0.1) is 0 Å². The van der Waals surface area contributed by atoms with Crippen LogP contribution in [0.2, 0.25) is 0 Å². The molecule has 0 aromatic carbocycles. The highest BCUT2D eigenvalue weighted by Crippen LogP contribution is 2.07. The molecule has 0 radical (unpaired) electrons. The topological polar surface area (TPSA) is 91.6 Å². The summed E-state index contributed by atoms with van der Waals surface area (Å²) in [5.41, 5.74) is 0. The van der Waals surface area contributed by atoms with Crippen LogP contribution in [0.3, 0.4) is 0 Å². The fourth-order valence-corrected chi connectivity index (χ4v) is 1.25. The van der Waals surface area contributed by atoms with Gasteiger partial charge in [-0.25, -0.2) is 4.79 Å². The summed E-state index contributed by atoms with van der Waals surface area (Å²) in [7, 11) is 0. The van der Waals surface area contributed by atoms with Crippen LogP contribution in [0.15, 0.2) is 16.5 Å². The lowest BCUT2D eigenvalue weighted by molar-refractivity contribution is -0.120. The van der Waals surface area contributed by atoms with Gasteiger partial charge < -0.3 is 20.2 Å². The van der Waals surface area contributed by atoms with E-state index in [0.29, 0.717) is 5.76 Å². The Labute approximate surface area is 105 Å². The van der Waals surface area contributed by atoms with Crippen molar-refractivity contribution in [1.82, 2.24) is 10.6 Å². The summed E-state index contributed by atoms with van der Waals surface area (Å²) in [5.74, 6) is -0.976. The molecule has 1 aromatic heterocycles. The zero-order valence-electron chi connectivity index (χ0n) is 10.5. The Hall–Kier alpha value is -1.82. The Bertz CT molecular complexity index is 414. The first-order valence-electron chi connectivity index (χ1n) is 5.85. The van der Waals surface area contributed by atoms with Crippen LogP contribution < -0.4 is 10.6 Å². The van der Waals surface area contributed by atoms with Gasteiger partial charge in [0.1, 0.15) is 5.76 Å². The molecule has 100 valence electrons. The zero-order valence-corrected chi connectivity index (χ0v) is 10.5. The molecule has 6 heteroatoms. The third kappa shape index (κ3) is 4.58. The van der Waals surface area contributed by atoms with Crippen LogP contribution in [0.25, 0.3) is 0 Å². The normalized spacial score (nSPS) is 12.1. The summed E-state index contributed by atoms with van der Waals surface area (Å²) < 4.78 is 5.01. The van der Waals surface area contributed by atoms with Crippen molar-refractivity contribution < 1.29 is 19.1 Å². The van der Waals surface area contributed by atoms with Crippen molar-refractivity contribution in [3.63, 3.8) is 0 Å². The van der Waals surface area contributed by atoms with Crippen LogP contribution in [0.4, 0.5) is 0 Å². The van der Waals surface area contributed by atoms with Gasteiger partial charge in [0.25, 0.3) is 0 Å². The molecule has 1 rings (SSSR count). The van der Waals surface area contributed by atoms with Gasteiger partial charge in [-0.2, -0.15) is 0 Å². The van der Waals surface area contributed by atoms with Crippen molar-refractivity contribution in [3.8, 4) is 0 Å². The number of carbonyl (C=O) groups is 2. The minimum Gasteiger partial charge on any atom is -0.475 e. The molecule has 1 unspecified atom stereocenters. The van der Waals surface area contributed by atoms with E-state index in [9.17, 15) is 9.59 Å². The Morgan fingerprint density at radius 1 is 1.44 bits per heavy atom. The van der Waals surface area contributed by atoms with Crippen molar-refractivity contribution in [1.29, 1.82) is 0 Å². The van der Waals surface area contributed by atoms with Gasteiger partial charge in [-0.1, -0.05) is 6.92 Å². The molecular formula is C12H18N2O4. The number of hydrogen-bond acceptors (Lipinski definition) is 4. The highest BCUT2D eigenvalue weighted by Gasteiger charge is 2.09. The number of hydrogen-bond donors (Lipinski definition) is 3. The Balaban J connectivity index is 2.31. The maximum atomic E-state index is 11.4.